The van der Waals surface area contributed by atoms with Crippen LogP contribution in [0.25, 0.3) is 0 Å². The highest BCUT2D eigenvalue weighted by Gasteiger charge is 2.18. The first-order valence-electron chi connectivity index (χ1n) is 5.31. The van der Waals surface area contributed by atoms with E-state index < -0.39 is 0 Å². The zero-order valence-electron chi connectivity index (χ0n) is 9.88. The van der Waals surface area contributed by atoms with Gasteiger partial charge in [0.25, 0.3) is 0 Å². The molecule has 0 fully saturated rings. The van der Waals surface area contributed by atoms with Gasteiger partial charge in [0, 0.05) is 0 Å². The van der Waals surface area contributed by atoms with Gasteiger partial charge < -0.3 is 4.74 Å². The minimum Gasteiger partial charge on any atom is -0.478 e. The summed E-state index contributed by atoms with van der Waals surface area (Å²) in [5, 5.41) is 8.45. The number of hydrogen-bond donors (Lipinski definition) is 0. The first kappa shape index (κ1) is 13.1. The van der Waals surface area contributed by atoms with E-state index in [4.69, 9.17) is 10.00 Å². The predicted octanol–water partition coefficient (Wildman–Crippen LogP) is 4.04. The molecule has 0 aliphatic heterocycles. The van der Waals surface area contributed by atoms with E-state index in [2.05, 4.69) is 48.8 Å². The van der Waals surface area contributed by atoms with Gasteiger partial charge in [0.15, 0.2) is 6.61 Å². The first-order valence-corrected chi connectivity index (χ1v) is 6.10. The number of hydrogen-bond acceptors (Lipinski definition) is 2. The van der Waals surface area contributed by atoms with Gasteiger partial charge in [0.05, 0.1) is 4.47 Å². The molecule has 0 unspecified atom stereocenters. The maximum atomic E-state index is 8.45. The Balaban J connectivity index is 2.96. The van der Waals surface area contributed by atoms with Crippen LogP contribution in [0.3, 0.4) is 0 Å². The molecule has 0 spiro atoms. The third-order valence-electron chi connectivity index (χ3n) is 2.89. The Morgan fingerprint density at radius 1 is 1.44 bits per heavy atom. The summed E-state index contributed by atoms with van der Waals surface area (Å²) in [6, 6.07) is 7.99. The highest BCUT2D eigenvalue weighted by Crippen LogP contribution is 2.33. The Bertz CT molecular complexity index is 407. The molecule has 0 amide bonds. The Kier molecular flexibility index (Phi) is 4.37. The fraction of sp³-hybridized carbons (Fsp3) is 0.462. The summed E-state index contributed by atoms with van der Waals surface area (Å²) in [4.78, 5) is 0. The number of nitrogens with zero attached hydrogens (tertiary/aromatic N) is 1. The molecule has 0 aliphatic rings. The van der Waals surface area contributed by atoms with Crippen molar-refractivity contribution in [3.8, 4) is 11.8 Å². The third-order valence-corrected chi connectivity index (χ3v) is 3.51. The van der Waals surface area contributed by atoms with Gasteiger partial charge in [-0.15, -0.1) is 0 Å². The van der Waals surface area contributed by atoms with Gasteiger partial charge in [-0.25, -0.2) is 0 Å². The van der Waals surface area contributed by atoms with Crippen molar-refractivity contribution in [3.05, 3.63) is 28.2 Å². The van der Waals surface area contributed by atoms with Crippen LogP contribution in [-0.4, -0.2) is 6.61 Å². The molecule has 0 radical (unpaired) electrons. The maximum Gasteiger partial charge on any atom is 0.174 e. The first-order chi connectivity index (χ1) is 7.51. The van der Waals surface area contributed by atoms with E-state index in [-0.39, 0.29) is 12.0 Å². The van der Waals surface area contributed by atoms with Crippen molar-refractivity contribution in [1.29, 1.82) is 5.26 Å². The Hall–Kier alpha value is -1.01. The van der Waals surface area contributed by atoms with E-state index >= 15 is 0 Å². The van der Waals surface area contributed by atoms with E-state index in [1.807, 2.05) is 12.1 Å². The molecular formula is C13H16BrNO. The average Bonchev–Trinajstić information content (AvgIpc) is 2.27. The molecule has 0 saturated heterocycles. The summed E-state index contributed by atoms with van der Waals surface area (Å²) < 4.78 is 6.18. The lowest BCUT2D eigenvalue weighted by atomic mass is 9.82. The summed E-state index contributed by atoms with van der Waals surface area (Å²) in [6.07, 6.45) is 1.08. The number of ether oxygens (including phenoxy) is 1. The zero-order valence-corrected chi connectivity index (χ0v) is 11.5. The molecule has 16 heavy (non-hydrogen) atoms. The normalized spacial score (nSPS) is 10.9. The standard InChI is InChI=1S/C13H16BrNO/c1-4-13(2,3)10-5-6-12(11(14)9-10)16-8-7-15/h5-6,9H,4,8H2,1-3H3. The monoisotopic (exact) mass is 281 g/mol. The van der Waals surface area contributed by atoms with Crippen molar-refractivity contribution in [1.82, 2.24) is 0 Å². The third kappa shape index (κ3) is 2.99. The van der Waals surface area contributed by atoms with Crippen LogP contribution in [0.4, 0.5) is 0 Å². The molecule has 1 aromatic rings. The van der Waals surface area contributed by atoms with Crippen molar-refractivity contribution >= 4 is 15.9 Å². The predicted molar refractivity (Wildman–Crippen MR) is 68.6 cm³/mol. The average molecular weight is 282 g/mol. The summed E-state index contributed by atoms with van der Waals surface area (Å²) in [5.41, 5.74) is 1.43. The van der Waals surface area contributed by atoms with Gasteiger partial charge in [-0.1, -0.05) is 26.8 Å². The van der Waals surface area contributed by atoms with Crippen molar-refractivity contribution in [3.63, 3.8) is 0 Å². The van der Waals surface area contributed by atoms with Crippen LogP contribution in [0.2, 0.25) is 0 Å². The highest BCUT2D eigenvalue weighted by molar-refractivity contribution is 9.10. The topological polar surface area (TPSA) is 33.0 Å². The van der Waals surface area contributed by atoms with Gasteiger partial charge in [-0.2, -0.15) is 5.26 Å². The number of halogens is 1. The largest absolute Gasteiger partial charge is 0.478 e. The summed E-state index contributed by atoms with van der Waals surface area (Å²) in [7, 11) is 0. The van der Waals surface area contributed by atoms with Gasteiger partial charge in [0.2, 0.25) is 0 Å². The summed E-state index contributed by atoms with van der Waals surface area (Å²) >= 11 is 3.46. The second kappa shape index (κ2) is 5.36. The molecule has 0 aromatic heterocycles. The van der Waals surface area contributed by atoms with Crippen LogP contribution >= 0.6 is 15.9 Å². The Labute approximate surface area is 105 Å². The lowest BCUT2D eigenvalue weighted by molar-refractivity contribution is 0.365. The van der Waals surface area contributed by atoms with Crippen LogP contribution in [0, 0.1) is 11.3 Å². The minimum atomic E-state index is 0.0785. The van der Waals surface area contributed by atoms with Crippen LogP contribution in [0.1, 0.15) is 32.8 Å². The highest BCUT2D eigenvalue weighted by atomic mass is 79.9. The molecule has 0 N–H and O–H groups in total. The SMILES string of the molecule is CCC(C)(C)c1ccc(OCC#N)c(Br)c1. The lowest BCUT2D eigenvalue weighted by Gasteiger charge is -2.24. The molecule has 3 heteroatoms. The number of benzene rings is 1. The molecule has 0 saturated carbocycles. The van der Waals surface area contributed by atoms with Gasteiger partial charge >= 0.3 is 0 Å². The van der Waals surface area contributed by atoms with Crippen LogP contribution < -0.4 is 4.74 Å². The molecule has 1 rings (SSSR count). The Morgan fingerprint density at radius 3 is 2.62 bits per heavy atom. The van der Waals surface area contributed by atoms with Crippen molar-refractivity contribution in [2.75, 3.05) is 6.61 Å². The van der Waals surface area contributed by atoms with Crippen LogP contribution in [-0.2, 0) is 5.41 Å². The van der Waals surface area contributed by atoms with Crippen molar-refractivity contribution in [2.24, 2.45) is 0 Å². The van der Waals surface area contributed by atoms with E-state index in [0.29, 0.717) is 0 Å². The fourth-order valence-corrected chi connectivity index (χ4v) is 1.85. The molecule has 1 aromatic carbocycles. The minimum absolute atomic E-state index is 0.0785. The molecule has 0 atom stereocenters. The van der Waals surface area contributed by atoms with Gasteiger partial charge in [0.1, 0.15) is 11.8 Å². The Morgan fingerprint density at radius 2 is 2.12 bits per heavy atom. The molecule has 0 heterocycles. The molecular weight excluding hydrogens is 266 g/mol. The quantitative estimate of drug-likeness (QED) is 0.835. The van der Waals surface area contributed by atoms with E-state index in [0.717, 1.165) is 16.6 Å². The van der Waals surface area contributed by atoms with Crippen LogP contribution in [0.5, 0.6) is 5.75 Å². The van der Waals surface area contributed by atoms with Crippen LogP contribution in [0.15, 0.2) is 22.7 Å². The number of rotatable bonds is 4. The maximum absolute atomic E-state index is 8.45. The van der Waals surface area contributed by atoms with E-state index in [9.17, 15) is 0 Å². The molecule has 0 bridgehead atoms. The second-order valence-corrected chi connectivity index (χ2v) is 5.18. The molecule has 2 nitrogen and oxygen atoms in total. The number of nitriles is 1. The van der Waals surface area contributed by atoms with Crippen molar-refractivity contribution in [2.45, 2.75) is 32.6 Å². The fourth-order valence-electron chi connectivity index (χ4n) is 1.35. The second-order valence-electron chi connectivity index (χ2n) is 4.33. The molecule has 86 valence electrons. The summed E-state index contributed by atoms with van der Waals surface area (Å²) in [5.74, 6) is 0.720. The van der Waals surface area contributed by atoms with Gasteiger partial charge in [-0.05, 0) is 45.5 Å². The lowest BCUT2D eigenvalue weighted by Crippen LogP contribution is -2.15. The summed E-state index contributed by atoms with van der Waals surface area (Å²) in [6.45, 7) is 6.68. The zero-order chi connectivity index (χ0) is 12.2. The van der Waals surface area contributed by atoms with E-state index in [1.165, 1.54) is 5.56 Å². The van der Waals surface area contributed by atoms with Gasteiger partial charge in [-0.3, -0.25) is 0 Å². The van der Waals surface area contributed by atoms with Crippen molar-refractivity contribution < 1.29 is 4.74 Å². The van der Waals surface area contributed by atoms with E-state index in [1.54, 1.807) is 0 Å². The molecule has 0 aliphatic carbocycles. The smallest absolute Gasteiger partial charge is 0.174 e.